The highest BCUT2D eigenvalue weighted by Crippen LogP contribution is 2.19. The summed E-state index contributed by atoms with van der Waals surface area (Å²) >= 11 is 1.48. The van der Waals surface area contributed by atoms with Crippen LogP contribution in [0.2, 0.25) is 0 Å². The molecule has 2 heterocycles. The highest BCUT2D eigenvalue weighted by atomic mass is 32.1. The van der Waals surface area contributed by atoms with Gasteiger partial charge in [-0.05, 0) is 19.4 Å². The van der Waals surface area contributed by atoms with Crippen molar-refractivity contribution in [1.82, 2.24) is 19.6 Å². The quantitative estimate of drug-likeness (QED) is 0.570. The van der Waals surface area contributed by atoms with Crippen LogP contribution < -0.4 is 10.2 Å². The van der Waals surface area contributed by atoms with E-state index in [-0.39, 0.29) is 0 Å². The second kappa shape index (κ2) is 9.84. The Bertz CT molecular complexity index is 767. The number of aliphatic hydroxyl groups excluding tert-OH is 1. The molecule has 0 spiro atoms. The molecular formula is C20H30N6OS. The fourth-order valence-electron chi connectivity index (χ4n) is 3.12. The van der Waals surface area contributed by atoms with Crippen molar-refractivity contribution in [2.24, 2.45) is 4.99 Å². The Balaban J connectivity index is 1.59. The van der Waals surface area contributed by atoms with Crippen LogP contribution in [0, 0.1) is 6.92 Å². The molecule has 28 heavy (non-hydrogen) atoms. The van der Waals surface area contributed by atoms with Crippen LogP contribution in [0.5, 0.6) is 0 Å². The minimum absolute atomic E-state index is 0.349. The lowest BCUT2D eigenvalue weighted by atomic mass is 10.1. The van der Waals surface area contributed by atoms with Crippen LogP contribution >= 0.6 is 11.5 Å². The number of anilines is 1. The number of aliphatic hydroxyl groups is 1. The lowest BCUT2D eigenvalue weighted by Crippen LogP contribution is -2.52. The van der Waals surface area contributed by atoms with Crippen molar-refractivity contribution < 1.29 is 5.11 Å². The Kier molecular flexibility index (Phi) is 7.22. The third kappa shape index (κ3) is 5.20. The van der Waals surface area contributed by atoms with Crippen molar-refractivity contribution in [3.8, 4) is 0 Å². The maximum atomic E-state index is 10.5. The molecule has 1 atom stereocenters. The Labute approximate surface area is 171 Å². The monoisotopic (exact) mass is 402 g/mol. The van der Waals surface area contributed by atoms with Gasteiger partial charge in [-0.1, -0.05) is 36.8 Å². The first-order valence-corrected chi connectivity index (χ1v) is 10.7. The molecule has 1 saturated heterocycles. The molecule has 0 saturated carbocycles. The molecule has 1 aromatic carbocycles. The molecule has 7 nitrogen and oxygen atoms in total. The number of rotatable bonds is 6. The number of nitrogens with one attached hydrogen (secondary N) is 1. The van der Waals surface area contributed by atoms with Crippen LogP contribution in [0.1, 0.15) is 36.9 Å². The number of aliphatic imine (C=N–C) groups is 1. The second-order valence-corrected chi connectivity index (χ2v) is 7.67. The summed E-state index contributed by atoms with van der Waals surface area (Å²) in [4.78, 5) is 13.8. The van der Waals surface area contributed by atoms with E-state index in [0.29, 0.717) is 6.54 Å². The van der Waals surface area contributed by atoms with E-state index >= 15 is 0 Å². The van der Waals surface area contributed by atoms with E-state index in [1.165, 1.54) is 17.1 Å². The zero-order valence-electron chi connectivity index (χ0n) is 16.9. The number of benzene rings is 1. The number of aromatic nitrogens is 2. The number of guanidine groups is 1. The smallest absolute Gasteiger partial charge is 0.205 e. The van der Waals surface area contributed by atoms with Gasteiger partial charge in [-0.25, -0.2) is 4.98 Å². The van der Waals surface area contributed by atoms with Gasteiger partial charge in [0, 0.05) is 50.7 Å². The van der Waals surface area contributed by atoms with Crippen molar-refractivity contribution >= 4 is 22.6 Å². The molecule has 0 aliphatic carbocycles. The molecular weight excluding hydrogens is 372 g/mol. The lowest BCUT2D eigenvalue weighted by molar-refractivity contribution is 0.186. The van der Waals surface area contributed by atoms with Gasteiger partial charge in [0.15, 0.2) is 5.96 Å². The molecule has 1 fully saturated rings. The summed E-state index contributed by atoms with van der Waals surface area (Å²) in [5.74, 6) is 1.78. The SMILES string of the molecule is CCNC(=NCC(O)c1ccc(C)cc1)N1CCN(c2nc(CC)ns2)CC1. The van der Waals surface area contributed by atoms with Crippen LogP contribution in [0.4, 0.5) is 5.13 Å². The van der Waals surface area contributed by atoms with Gasteiger partial charge in [0.25, 0.3) is 0 Å². The fraction of sp³-hybridized carbons (Fsp3) is 0.550. The average Bonchev–Trinajstić information content (AvgIpc) is 3.21. The molecule has 2 N–H and O–H groups in total. The maximum Gasteiger partial charge on any atom is 0.205 e. The Morgan fingerprint density at radius 1 is 1.21 bits per heavy atom. The number of aryl methyl sites for hydroxylation is 2. The van der Waals surface area contributed by atoms with Crippen LogP contribution in [0.3, 0.4) is 0 Å². The van der Waals surface area contributed by atoms with Crippen molar-refractivity contribution in [3.05, 3.63) is 41.2 Å². The van der Waals surface area contributed by atoms with Crippen LogP contribution in [0.25, 0.3) is 0 Å². The Morgan fingerprint density at radius 3 is 2.54 bits per heavy atom. The van der Waals surface area contributed by atoms with E-state index in [1.54, 1.807) is 0 Å². The molecule has 1 aliphatic heterocycles. The number of hydrogen-bond acceptors (Lipinski definition) is 6. The summed E-state index contributed by atoms with van der Waals surface area (Å²) in [6, 6.07) is 7.97. The van der Waals surface area contributed by atoms with Gasteiger partial charge in [-0.3, -0.25) is 4.99 Å². The molecule has 0 radical (unpaired) electrons. The van der Waals surface area contributed by atoms with Gasteiger partial charge in [-0.15, -0.1) is 0 Å². The summed E-state index contributed by atoms with van der Waals surface area (Å²) < 4.78 is 4.39. The molecule has 0 amide bonds. The number of nitrogens with zero attached hydrogens (tertiary/aromatic N) is 5. The zero-order valence-corrected chi connectivity index (χ0v) is 17.7. The zero-order chi connectivity index (χ0) is 19.9. The van der Waals surface area contributed by atoms with Gasteiger partial charge in [0.05, 0.1) is 12.6 Å². The number of hydrogen-bond donors (Lipinski definition) is 2. The summed E-state index contributed by atoms with van der Waals surface area (Å²) in [5.41, 5.74) is 2.09. The summed E-state index contributed by atoms with van der Waals surface area (Å²) in [6.07, 6.45) is 0.279. The van der Waals surface area contributed by atoms with Gasteiger partial charge in [0.1, 0.15) is 5.82 Å². The molecule has 3 rings (SSSR count). The molecule has 8 heteroatoms. The van der Waals surface area contributed by atoms with E-state index in [1.807, 2.05) is 31.2 Å². The Hall–Kier alpha value is -2.19. The van der Waals surface area contributed by atoms with Crippen molar-refractivity contribution in [1.29, 1.82) is 0 Å². The van der Waals surface area contributed by atoms with Crippen LogP contribution in [0.15, 0.2) is 29.3 Å². The van der Waals surface area contributed by atoms with E-state index in [0.717, 1.165) is 61.6 Å². The van der Waals surface area contributed by atoms with Gasteiger partial charge in [-0.2, -0.15) is 4.37 Å². The van der Waals surface area contributed by atoms with Crippen molar-refractivity contribution in [2.75, 3.05) is 44.2 Å². The average molecular weight is 403 g/mol. The first-order chi connectivity index (χ1) is 13.6. The molecule has 2 aromatic rings. The summed E-state index contributed by atoms with van der Waals surface area (Å²) in [5, 5.41) is 14.8. The van der Waals surface area contributed by atoms with Gasteiger partial charge in [0.2, 0.25) is 5.13 Å². The van der Waals surface area contributed by atoms with Crippen LogP contribution in [-0.2, 0) is 6.42 Å². The lowest BCUT2D eigenvalue weighted by Gasteiger charge is -2.36. The minimum Gasteiger partial charge on any atom is -0.386 e. The topological polar surface area (TPSA) is 76.9 Å². The normalized spacial score (nSPS) is 16.4. The van der Waals surface area contributed by atoms with E-state index in [9.17, 15) is 5.11 Å². The highest BCUT2D eigenvalue weighted by Gasteiger charge is 2.22. The third-order valence-corrected chi connectivity index (χ3v) is 5.65. The van der Waals surface area contributed by atoms with Crippen molar-refractivity contribution in [3.63, 3.8) is 0 Å². The van der Waals surface area contributed by atoms with E-state index in [4.69, 9.17) is 0 Å². The largest absolute Gasteiger partial charge is 0.386 e. The van der Waals surface area contributed by atoms with E-state index < -0.39 is 6.10 Å². The Morgan fingerprint density at radius 2 is 1.93 bits per heavy atom. The first kappa shape index (κ1) is 20.5. The van der Waals surface area contributed by atoms with Crippen molar-refractivity contribution in [2.45, 2.75) is 33.3 Å². The maximum absolute atomic E-state index is 10.5. The molecule has 1 unspecified atom stereocenters. The summed E-state index contributed by atoms with van der Waals surface area (Å²) in [7, 11) is 0. The van der Waals surface area contributed by atoms with E-state index in [2.05, 4.69) is 43.3 Å². The molecule has 152 valence electrons. The summed E-state index contributed by atoms with van der Waals surface area (Å²) in [6.45, 7) is 10.9. The molecule has 1 aromatic heterocycles. The minimum atomic E-state index is -0.593. The molecule has 0 bridgehead atoms. The standard InChI is InChI=1S/C20H30N6OS/c1-4-18-23-20(28-24-18)26-12-10-25(11-13-26)19(21-5-2)22-14-17(27)16-8-6-15(3)7-9-16/h6-9,17,27H,4-5,10-14H2,1-3H3,(H,21,22). The molecule has 1 aliphatic rings. The highest BCUT2D eigenvalue weighted by molar-refractivity contribution is 7.09. The number of piperazine rings is 1. The second-order valence-electron chi connectivity index (χ2n) is 6.94. The fourth-order valence-corrected chi connectivity index (χ4v) is 3.92. The van der Waals surface area contributed by atoms with Gasteiger partial charge >= 0.3 is 0 Å². The predicted octanol–water partition coefficient (Wildman–Crippen LogP) is 2.23. The first-order valence-electron chi connectivity index (χ1n) is 9.96. The van der Waals surface area contributed by atoms with Crippen LogP contribution in [-0.4, -0.2) is 64.6 Å². The predicted molar refractivity (Wildman–Crippen MR) is 115 cm³/mol. The van der Waals surface area contributed by atoms with Gasteiger partial charge < -0.3 is 20.2 Å². The third-order valence-electron chi connectivity index (χ3n) is 4.83.